The van der Waals surface area contributed by atoms with Crippen molar-refractivity contribution in [2.24, 2.45) is 5.92 Å². The van der Waals surface area contributed by atoms with Crippen molar-refractivity contribution in [1.82, 2.24) is 15.6 Å². The van der Waals surface area contributed by atoms with Gasteiger partial charge in [0.2, 0.25) is 0 Å². The Hall–Kier alpha value is -0.450. The Morgan fingerprint density at radius 1 is 1.47 bits per heavy atom. The van der Waals surface area contributed by atoms with Gasteiger partial charge in [0, 0.05) is 23.5 Å². The predicted octanol–water partition coefficient (Wildman–Crippen LogP) is 3.19. The zero-order valence-electron chi connectivity index (χ0n) is 12.6. The Morgan fingerprint density at radius 2 is 2.26 bits per heavy atom. The molecule has 2 N–H and O–H groups in total. The van der Waals surface area contributed by atoms with Crippen molar-refractivity contribution in [2.45, 2.75) is 59.0 Å². The Bertz CT molecular complexity index is 402. The van der Waals surface area contributed by atoms with E-state index in [1.165, 1.54) is 41.4 Å². The van der Waals surface area contributed by atoms with Gasteiger partial charge in [-0.1, -0.05) is 13.3 Å². The van der Waals surface area contributed by atoms with Crippen LogP contribution in [0.1, 0.15) is 54.7 Å². The molecule has 0 aliphatic carbocycles. The monoisotopic (exact) mass is 281 g/mol. The highest BCUT2D eigenvalue weighted by atomic mass is 32.1. The lowest BCUT2D eigenvalue weighted by molar-refractivity contribution is 0.283. The van der Waals surface area contributed by atoms with E-state index in [0.717, 1.165) is 12.5 Å². The molecule has 1 fully saturated rings. The second-order valence-corrected chi connectivity index (χ2v) is 7.00. The van der Waals surface area contributed by atoms with E-state index < -0.39 is 0 Å². The van der Waals surface area contributed by atoms with Crippen LogP contribution in [-0.2, 0) is 0 Å². The second-order valence-electron chi connectivity index (χ2n) is 5.76. The molecule has 1 aromatic rings. The Labute approximate surface area is 121 Å². The van der Waals surface area contributed by atoms with Crippen LogP contribution in [0, 0.1) is 19.8 Å². The van der Waals surface area contributed by atoms with Crippen molar-refractivity contribution >= 4 is 11.3 Å². The molecule has 1 aromatic heterocycles. The van der Waals surface area contributed by atoms with Crippen molar-refractivity contribution in [3.05, 3.63) is 15.6 Å². The number of thiazole rings is 1. The Balaban J connectivity index is 1.83. The van der Waals surface area contributed by atoms with Crippen LogP contribution in [0.15, 0.2) is 0 Å². The van der Waals surface area contributed by atoms with E-state index in [9.17, 15) is 0 Å². The van der Waals surface area contributed by atoms with Crippen LogP contribution in [0.5, 0.6) is 0 Å². The Kier molecular flexibility index (Phi) is 5.37. The average molecular weight is 281 g/mol. The van der Waals surface area contributed by atoms with Crippen molar-refractivity contribution in [3.63, 3.8) is 0 Å². The minimum absolute atomic E-state index is 0.412. The molecule has 2 rings (SSSR count). The number of hydrogen-bond donors (Lipinski definition) is 2. The summed E-state index contributed by atoms with van der Waals surface area (Å²) in [5, 5.41) is 8.48. The predicted molar refractivity (Wildman–Crippen MR) is 82.8 cm³/mol. The summed E-state index contributed by atoms with van der Waals surface area (Å²) in [6, 6.07) is 1.05. The van der Waals surface area contributed by atoms with Crippen LogP contribution in [0.25, 0.3) is 0 Å². The number of nitrogens with one attached hydrogen (secondary N) is 2. The molecular weight excluding hydrogens is 254 g/mol. The average Bonchev–Trinajstić information content (AvgIpc) is 2.75. The van der Waals surface area contributed by atoms with Gasteiger partial charge in [0.25, 0.3) is 0 Å². The molecule has 0 bridgehead atoms. The molecule has 1 saturated heterocycles. The molecule has 3 unspecified atom stereocenters. The topological polar surface area (TPSA) is 37.0 Å². The highest BCUT2D eigenvalue weighted by molar-refractivity contribution is 7.11. The molecule has 108 valence electrons. The van der Waals surface area contributed by atoms with E-state index >= 15 is 0 Å². The minimum atomic E-state index is 0.412. The molecule has 0 saturated carbocycles. The van der Waals surface area contributed by atoms with E-state index in [0.29, 0.717) is 12.1 Å². The first-order valence-corrected chi connectivity index (χ1v) is 8.32. The molecule has 2 heterocycles. The quantitative estimate of drug-likeness (QED) is 0.870. The molecule has 1 aliphatic heterocycles. The van der Waals surface area contributed by atoms with Crippen LogP contribution in [0.3, 0.4) is 0 Å². The summed E-state index contributed by atoms with van der Waals surface area (Å²) < 4.78 is 0. The third-order valence-corrected chi connectivity index (χ3v) is 5.44. The van der Waals surface area contributed by atoms with E-state index in [1.54, 1.807) is 0 Å². The van der Waals surface area contributed by atoms with Crippen LogP contribution in [0.2, 0.25) is 0 Å². The summed E-state index contributed by atoms with van der Waals surface area (Å²) in [5.74, 6) is 0.913. The smallest absolute Gasteiger partial charge is 0.0900 e. The van der Waals surface area contributed by atoms with Crippen LogP contribution in [0.4, 0.5) is 0 Å². The van der Waals surface area contributed by atoms with Crippen molar-refractivity contribution in [2.75, 3.05) is 13.1 Å². The lowest BCUT2D eigenvalue weighted by Gasteiger charge is -2.30. The molecule has 4 heteroatoms. The molecule has 0 spiro atoms. The second kappa shape index (κ2) is 6.82. The summed E-state index contributed by atoms with van der Waals surface area (Å²) in [6.45, 7) is 11.0. The third kappa shape index (κ3) is 4.01. The summed E-state index contributed by atoms with van der Waals surface area (Å²) in [6.07, 6.45) is 3.98. The number of aryl methyl sites for hydroxylation is 2. The maximum atomic E-state index is 4.52. The van der Waals surface area contributed by atoms with Gasteiger partial charge in [-0.25, -0.2) is 4.98 Å². The van der Waals surface area contributed by atoms with Gasteiger partial charge in [-0.15, -0.1) is 11.3 Å². The number of hydrogen-bond acceptors (Lipinski definition) is 4. The molecule has 0 radical (unpaired) electrons. The normalized spacial score (nSPS) is 25.5. The van der Waals surface area contributed by atoms with Gasteiger partial charge < -0.3 is 10.6 Å². The number of aromatic nitrogens is 1. The molecule has 3 nitrogen and oxygen atoms in total. The van der Waals surface area contributed by atoms with Crippen molar-refractivity contribution < 1.29 is 0 Å². The first kappa shape index (κ1) is 14.9. The van der Waals surface area contributed by atoms with Gasteiger partial charge in [0.1, 0.15) is 0 Å². The lowest BCUT2D eigenvalue weighted by Crippen LogP contribution is -2.44. The fraction of sp³-hybridized carbons (Fsp3) is 0.800. The van der Waals surface area contributed by atoms with Gasteiger partial charge in [-0.05, 0) is 46.1 Å². The SMILES string of the molecule is CCC1CCNC(CNC(C)c2sc(C)nc2C)C1. The molecular formula is C15H27N3S. The molecule has 0 aromatic carbocycles. The summed E-state index contributed by atoms with van der Waals surface area (Å²) >= 11 is 1.82. The van der Waals surface area contributed by atoms with Gasteiger partial charge in [-0.3, -0.25) is 0 Å². The van der Waals surface area contributed by atoms with Crippen molar-refractivity contribution in [3.8, 4) is 0 Å². The van der Waals surface area contributed by atoms with E-state index in [2.05, 4.69) is 43.3 Å². The highest BCUT2D eigenvalue weighted by Gasteiger charge is 2.21. The lowest BCUT2D eigenvalue weighted by atomic mass is 9.90. The highest BCUT2D eigenvalue weighted by Crippen LogP contribution is 2.25. The van der Waals surface area contributed by atoms with E-state index in [1.807, 2.05) is 11.3 Å². The third-order valence-electron chi connectivity index (χ3n) is 4.18. The standard InChI is InChI=1S/C15H27N3S/c1-5-13-6-7-16-14(8-13)9-17-10(2)15-11(3)18-12(4)19-15/h10,13-14,16-17H,5-9H2,1-4H3. The first-order valence-electron chi connectivity index (χ1n) is 7.50. The first-order chi connectivity index (χ1) is 9.10. The maximum Gasteiger partial charge on any atom is 0.0900 e. The fourth-order valence-corrected chi connectivity index (χ4v) is 3.94. The van der Waals surface area contributed by atoms with Gasteiger partial charge in [-0.2, -0.15) is 0 Å². The van der Waals surface area contributed by atoms with Crippen LogP contribution >= 0.6 is 11.3 Å². The van der Waals surface area contributed by atoms with Gasteiger partial charge in [0.05, 0.1) is 10.7 Å². The van der Waals surface area contributed by atoms with Gasteiger partial charge in [0.15, 0.2) is 0 Å². The minimum Gasteiger partial charge on any atom is -0.313 e. The largest absolute Gasteiger partial charge is 0.313 e. The van der Waals surface area contributed by atoms with E-state index in [4.69, 9.17) is 0 Å². The Morgan fingerprint density at radius 3 is 2.89 bits per heavy atom. The maximum absolute atomic E-state index is 4.52. The molecule has 0 amide bonds. The number of piperidine rings is 1. The fourth-order valence-electron chi connectivity index (χ4n) is 2.98. The zero-order valence-corrected chi connectivity index (χ0v) is 13.4. The van der Waals surface area contributed by atoms with Crippen molar-refractivity contribution in [1.29, 1.82) is 0 Å². The molecule has 3 atom stereocenters. The zero-order chi connectivity index (χ0) is 13.8. The summed E-state index contributed by atoms with van der Waals surface area (Å²) in [4.78, 5) is 5.90. The van der Waals surface area contributed by atoms with Gasteiger partial charge >= 0.3 is 0 Å². The number of nitrogens with zero attached hydrogens (tertiary/aromatic N) is 1. The van der Waals surface area contributed by atoms with E-state index in [-0.39, 0.29) is 0 Å². The molecule has 19 heavy (non-hydrogen) atoms. The number of rotatable bonds is 5. The molecule has 1 aliphatic rings. The van der Waals surface area contributed by atoms with Crippen LogP contribution < -0.4 is 10.6 Å². The van der Waals surface area contributed by atoms with Crippen LogP contribution in [-0.4, -0.2) is 24.1 Å². The summed E-state index contributed by atoms with van der Waals surface area (Å²) in [7, 11) is 0. The summed E-state index contributed by atoms with van der Waals surface area (Å²) in [5.41, 5.74) is 1.19.